The number of ether oxygens (including phenoxy) is 1. The van der Waals surface area contributed by atoms with Crippen molar-refractivity contribution in [1.82, 2.24) is 5.32 Å². The fourth-order valence-corrected chi connectivity index (χ4v) is 6.64. The highest BCUT2D eigenvalue weighted by molar-refractivity contribution is 5.83. The molecular weight excluding hydrogens is 661 g/mol. The molecule has 4 N–H and O–H groups in total. The average Bonchev–Trinajstić information content (AvgIpc) is 3.14. The Morgan fingerprint density at radius 3 is 1.57 bits per heavy atom. The zero-order valence-corrected chi connectivity index (χ0v) is 34.6. The van der Waals surface area contributed by atoms with Crippen molar-refractivity contribution in [1.29, 1.82) is 0 Å². The van der Waals surface area contributed by atoms with Gasteiger partial charge in [0.1, 0.15) is 12.1 Å². The van der Waals surface area contributed by atoms with Crippen LogP contribution in [0.2, 0.25) is 0 Å². The monoisotopic (exact) mass is 745 g/mol. The number of hydrogen-bond acceptors (Lipinski definition) is 5. The molecule has 0 aromatic carbocycles. The highest BCUT2D eigenvalue weighted by atomic mass is 16.5. The zero-order chi connectivity index (χ0) is 38.9. The van der Waals surface area contributed by atoms with E-state index >= 15 is 0 Å². The molecule has 0 bridgehead atoms. The number of esters is 1. The van der Waals surface area contributed by atoms with Crippen LogP contribution < -0.4 is 11.1 Å². The fourth-order valence-electron chi connectivity index (χ4n) is 6.64. The Bertz CT molecular complexity index is 931. The average molecular weight is 745 g/mol. The largest absolute Gasteiger partial charge is 0.480 e. The molecule has 0 fully saturated rings. The van der Waals surface area contributed by atoms with E-state index in [-0.39, 0.29) is 18.0 Å². The maximum atomic E-state index is 12.8. The SMILES string of the molecule is CC/C=C\C/C=C\C/C=C\CCCCCCCCCC(=O)OC(CCCCCCCCCCCC)CCCCCCCC(=O)NC(CCCN)C(=O)O. The summed E-state index contributed by atoms with van der Waals surface area (Å²) in [6, 6.07) is -0.856. The summed E-state index contributed by atoms with van der Waals surface area (Å²) in [4.78, 5) is 36.4. The summed E-state index contributed by atoms with van der Waals surface area (Å²) in [5, 5.41) is 11.9. The second kappa shape index (κ2) is 40.8. The van der Waals surface area contributed by atoms with Crippen molar-refractivity contribution in [2.75, 3.05) is 6.54 Å². The predicted molar refractivity (Wildman–Crippen MR) is 225 cm³/mol. The van der Waals surface area contributed by atoms with Crippen LogP contribution in [0.15, 0.2) is 36.5 Å². The van der Waals surface area contributed by atoms with Crippen LogP contribution in [0.1, 0.15) is 219 Å². The minimum absolute atomic E-state index is 0.0109. The van der Waals surface area contributed by atoms with Crippen LogP contribution in [0.3, 0.4) is 0 Å². The topological polar surface area (TPSA) is 119 Å². The third-order valence-corrected chi connectivity index (χ3v) is 9.97. The number of carboxylic acid groups (broad SMARTS) is 1. The van der Waals surface area contributed by atoms with E-state index in [0.29, 0.717) is 32.2 Å². The van der Waals surface area contributed by atoms with Gasteiger partial charge in [-0.1, -0.05) is 159 Å². The Hall–Kier alpha value is -2.41. The Morgan fingerprint density at radius 2 is 1.04 bits per heavy atom. The minimum atomic E-state index is -1.00. The smallest absolute Gasteiger partial charge is 0.326 e. The molecule has 0 aromatic heterocycles. The van der Waals surface area contributed by atoms with Gasteiger partial charge >= 0.3 is 11.9 Å². The van der Waals surface area contributed by atoms with Gasteiger partial charge in [-0.3, -0.25) is 9.59 Å². The molecule has 0 saturated heterocycles. The molecule has 2 atom stereocenters. The third kappa shape index (κ3) is 37.7. The molecule has 0 saturated carbocycles. The van der Waals surface area contributed by atoms with E-state index < -0.39 is 12.0 Å². The van der Waals surface area contributed by atoms with E-state index in [1.165, 1.54) is 96.3 Å². The molecule has 0 radical (unpaired) electrons. The Morgan fingerprint density at radius 1 is 0.566 bits per heavy atom. The molecule has 53 heavy (non-hydrogen) atoms. The number of allylic oxidation sites excluding steroid dienone is 6. The molecule has 2 unspecified atom stereocenters. The summed E-state index contributed by atoms with van der Waals surface area (Å²) in [6.45, 7) is 4.84. The van der Waals surface area contributed by atoms with Gasteiger partial charge in [0.2, 0.25) is 5.91 Å². The van der Waals surface area contributed by atoms with Gasteiger partial charge < -0.3 is 20.9 Å². The number of rotatable bonds is 40. The van der Waals surface area contributed by atoms with Gasteiger partial charge in [-0.05, 0) is 90.0 Å². The predicted octanol–water partition coefficient (Wildman–Crippen LogP) is 12.6. The second-order valence-electron chi connectivity index (χ2n) is 15.1. The van der Waals surface area contributed by atoms with Crippen LogP contribution in [0.25, 0.3) is 0 Å². The maximum Gasteiger partial charge on any atom is 0.326 e. The number of carbonyl (C=O) groups is 3. The third-order valence-electron chi connectivity index (χ3n) is 9.97. The summed E-state index contributed by atoms with van der Waals surface area (Å²) in [7, 11) is 0. The summed E-state index contributed by atoms with van der Waals surface area (Å²) >= 11 is 0. The number of aliphatic carboxylic acids is 1. The van der Waals surface area contributed by atoms with Gasteiger partial charge in [0.05, 0.1) is 0 Å². The summed E-state index contributed by atoms with van der Waals surface area (Å²) in [5.41, 5.74) is 5.48. The molecule has 0 aromatic rings. The Balaban J connectivity index is 4.27. The second-order valence-corrected chi connectivity index (χ2v) is 15.1. The van der Waals surface area contributed by atoms with Crippen LogP contribution in [-0.4, -0.2) is 41.6 Å². The van der Waals surface area contributed by atoms with Gasteiger partial charge in [-0.25, -0.2) is 4.79 Å². The quantitative estimate of drug-likeness (QED) is 0.0326. The van der Waals surface area contributed by atoms with Crippen molar-refractivity contribution in [3.63, 3.8) is 0 Å². The summed E-state index contributed by atoms with van der Waals surface area (Å²) < 4.78 is 6.04. The van der Waals surface area contributed by atoms with Crippen LogP contribution in [0.4, 0.5) is 0 Å². The molecule has 0 heterocycles. The van der Waals surface area contributed by atoms with Gasteiger partial charge in [0, 0.05) is 12.8 Å². The van der Waals surface area contributed by atoms with Crippen molar-refractivity contribution in [3.05, 3.63) is 36.5 Å². The van der Waals surface area contributed by atoms with Crippen molar-refractivity contribution < 1.29 is 24.2 Å². The molecular formula is C46H84N2O5. The normalized spacial score (nSPS) is 13.0. The summed E-state index contributed by atoms with van der Waals surface area (Å²) in [5.74, 6) is -1.24. The van der Waals surface area contributed by atoms with E-state index in [1.54, 1.807) is 0 Å². The lowest BCUT2D eigenvalue weighted by molar-refractivity contribution is -0.150. The van der Waals surface area contributed by atoms with Crippen molar-refractivity contribution in [2.45, 2.75) is 231 Å². The van der Waals surface area contributed by atoms with Gasteiger partial charge in [-0.15, -0.1) is 0 Å². The lowest BCUT2D eigenvalue weighted by Crippen LogP contribution is -2.40. The fraction of sp³-hybridized carbons (Fsp3) is 0.804. The lowest BCUT2D eigenvalue weighted by Gasteiger charge is -2.18. The lowest BCUT2D eigenvalue weighted by atomic mass is 10.0. The van der Waals surface area contributed by atoms with E-state index in [9.17, 15) is 19.5 Å². The van der Waals surface area contributed by atoms with Gasteiger partial charge in [0.25, 0.3) is 0 Å². The Kier molecular flexibility index (Phi) is 38.9. The summed E-state index contributed by atoms with van der Waals surface area (Å²) in [6.07, 6.45) is 47.6. The minimum Gasteiger partial charge on any atom is -0.480 e. The van der Waals surface area contributed by atoms with Gasteiger partial charge in [-0.2, -0.15) is 0 Å². The van der Waals surface area contributed by atoms with Gasteiger partial charge in [0.15, 0.2) is 0 Å². The molecule has 308 valence electrons. The van der Waals surface area contributed by atoms with Crippen LogP contribution in [0.5, 0.6) is 0 Å². The molecule has 0 rings (SSSR count). The highest BCUT2D eigenvalue weighted by Gasteiger charge is 2.19. The van der Waals surface area contributed by atoms with Crippen molar-refractivity contribution >= 4 is 17.8 Å². The first kappa shape index (κ1) is 50.6. The van der Waals surface area contributed by atoms with Crippen molar-refractivity contribution in [2.24, 2.45) is 5.73 Å². The number of nitrogens with two attached hydrogens (primary N) is 1. The number of carboxylic acids is 1. The zero-order valence-electron chi connectivity index (χ0n) is 34.6. The molecule has 7 heteroatoms. The molecule has 0 aliphatic rings. The first-order valence-corrected chi connectivity index (χ1v) is 22.3. The number of amides is 1. The standard InChI is InChI=1S/C46H84N2O5/c1-3-5-7-9-11-13-15-16-17-18-19-20-21-23-25-30-34-40-45(50)53-42(36-31-27-24-22-14-12-10-8-6-4-2)37-32-28-26-29-33-39-44(49)48-43(46(51)52)38-35-41-47/h5,7,11,13,16-17,42-43H,3-4,6,8-10,12,14-15,18-41,47H2,1-2H3,(H,48,49)(H,51,52)/b7-5-,13-11-,17-16-. The Labute approximate surface area is 326 Å². The maximum absolute atomic E-state index is 12.8. The molecule has 0 aliphatic heterocycles. The number of carbonyl (C=O) groups excluding carboxylic acids is 2. The van der Waals surface area contributed by atoms with E-state index in [4.69, 9.17) is 10.5 Å². The van der Waals surface area contributed by atoms with Crippen LogP contribution in [0, 0.1) is 0 Å². The number of nitrogens with one attached hydrogen (secondary N) is 1. The van der Waals surface area contributed by atoms with E-state index in [1.807, 2.05) is 0 Å². The van der Waals surface area contributed by atoms with Crippen LogP contribution >= 0.6 is 0 Å². The molecule has 1 amide bonds. The first-order chi connectivity index (χ1) is 25.9. The first-order valence-electron chi connectivity index (χ1n) is 22.3. The van der Waals surface area contributed by atoms with Crippen molar-refractivity contribution in [3.8, 4) is 0 Å². The number of hydrogen-bond donors (Lipinski definition) is 3. The van der Waals surface area contributed by atoms with E-state index in [2.05, 4.69) is 55.6 Å². The molecule has 0 aliphatic carbocycles. The highest BCUT2D eigenvalue weighted by Crippen LogP contribution is 2.19. The van der Waals surface area contributed by atoms with Crippen LogP contribution in [-0.2, 0) is 19.1 Å². The van der Waals surface area contributed by atoms with E-state index in [0.717, 1.165) is 83.5 Å². The number of unbranched alkanes of at least 4 members (excludes halogenated alkanes) is 20. The molecule has 0 spiro atoms. The molecule has 7 nitrogen and oxygen atoms in total.